The summed E-state index contributed by atoms with van der Waals surface area (Å²) in [4.78, 5) is 14.0. The van der Waals surface area contributed by atoms with Gasteiger partial charge in [0.25, 0.3) is 0 Å². The van der Waals surface area contributed by atoms with Crippen molar-refractivity contribution in [2.24, 2.45) is 0 Å². The summed E-state index contributed by atoms with van der Waals surface area (Å²) < 4.78 is 16.9. The van der Waals surface area contributed by atoms with Gasteiger partial charge in [0.15, 0.2) is 11.5 Å². The second-order valence-corrected chi connectivity index (χ2v) is 6.80. The molecule has 23 heavy (non-hydrogen) atoms. The van der Waals surface area contributed by atoms with E-state index >= 15 is 0 Å². The Labute approximate surface area is 136 Å². The Hall–Kier alpha value is -1.95. The van der Waals surface area contributed by atoms with E-state index < -0.39 is 5.60 Å². The molecule has 1 fully saturated rings. The van der Waals surface area contributed by atoms with Gasteiger partial charge in [-0.05, 0) is 26.8 Å². The number of para-hydroxylation sites is 1. The van der Waals surface area contributed by atoms with Crippen molar-refractivity contribution in [3.05, 3.63) is 23.8 Å². The second kappa shape index (κ2) is 6.28. The van der Waals surface area contributed by atoms with Crippen LogP contribution < -0.4 is 14.8 Å². The number of carbonyl (C=O) groups is 1. The summed E-state index contributed by atoms with van der Waals surface area (Å²) >= 11 is 0. The van der Waals surface area contributed by atoms with Crippen molar-refractivity contribution < 1.29 is 19.0 Å². The minimum absolute atomic E-state index is 0.00733. The first-order valence-electron chi connectivity index (χ1n) is 8.04. The van der Waals surface area contributed by atoms with Gasteiger partial charge in [0, 0.05) is 25.2 Å². The number of rotatable bonds is 1. The normalized spacial score (nSPS) is 21.0. The summed E-state index contributed by atoms with van der Waals surface area (Å²) in [5.74, 6) is 1.55. The smallest absolute Gasteiger partial charge is 0.410 e. The van der Waals surface area contributed by atoms with E-state index in [1.807, 2.05) is 39.0 Å². The molecule has 1 unspecified atom stereocenters. The Morgan fingerprint density at radius 2 is 2.09 bits per heavy atom. The zero-order valence-corrected chi connectivity index (χ0v) is 13.9. The largest absolute Gasteiger partial charge is 0.486 e. The molecule has 126 valence electrons. The van der Waals surface area contributed by atoms with Gasteiger partial charge in [0.2, 0.25) is 0 Å². The van der Waals surface area contributed by atoms with Crippen LogP contribution in [0.2, 0.25) is 0 Å². The minimum Gasteiger partial charge on any atom is -0.486 e. The van der Waals surface area contributed by atoms with E-state index in [0.29, 0.717) is 32.8 Å². The van der Waals surface area contributed by atoms with Crippen LogP contribution in [0.4, 0.5) is 4.79 Å². The number of fused-ring (bicyclic) bond motifs is 1. The van der Waals surface area contributed by atoms with Crippen LogP contribution in [0.25, 0.3) is 0 Å². The molecule has 0 aromatic heterocycles. The SMILES string of the molecule is CC(C)(C)OC(=O)N1CCNC(c2cccc3c2OCCO3)C1. The highest BCUT2D eigenvalue weighted by atomic mass is 16.6. The van der Waals surface area contributed by atoms with Crippen LogP contribution in [0, 0.1) is 0 Å². The maximum absolute atomic E-state index is 12.3. The molecule has 2 aliphatic heterocycles. The van der Waals surface area contributed by atoms with E-state index in [1.54, 1.807) is 4.90 Å². The summed E-state index contributed by atoms with van der Waals surface area (Å²) in [6.07, 6.45) is -0.272. The van der Waals surface area contributed by atoms with E-state index in [4.69, 9.17) is 14.2 Å². The Morgan fingerprint density at radius 3 is 2.87 bits per heavy atom. The topological polar surface area (TPSA) is 60.0 Å². The van der Waals surface area contributed by atoms with Crippen molar-refractivity contribution in [1.29, 1.82) is 0 Å². The van der Waals surface area contributed by atoms with Gasteiger partial charge in [-0.3, -0.25) is 0 Å². The van der Waals surface area contributed by atoms with Crippen molar-refractivity contribution in [2.45, 2.75) is 32.4 Å². The average Bonchev–Trinajstić information content (AvgIpc) is 2.53. The molecule has 0 bridgehead atoms. The molecule has 1 amide bonds. The third-order valence-corrected chi connectivity index (χ3v) is 3.80. The highest BCUT2D eigenvalue weighted by molar-refractivity contribution is 5.68. The van der Waals surface area contributed by atoms with Crippen molar-refractivity contribution in [3.63, 3.8) is 0 Å². The highest BCUT2D eigenvalue weighted by Crippen LogP contribution is 2.37. The monoisotopic (exact) mass is 320 g/mol. The summed E-state index contributed by atoms with van der Waals surface area (Å²) in [5.41, 5.74) is 0.538. The summed E-state index contributed by atoms with van der Waals surface area (Å²) in [6.45, 7) is 8.65. The molecule has 0 aliphatic carbocycles. The fourth-order valence-corrected chi connectivity index (χ4v) is 2.82. The number of nitrogens with one attached hydrogen (secondary N) is 1. The molecule has 6 heteroatoms. The van der Waals surface area contributed by atoms with Crippen molar-refractivity contribution >= 4 is 6.09 Å². The van der Waals surface area contributed by atoms with Gasteiger partial charge in [0.05, 0.1) is 6.04 Å². The molecule has 1 aromatic rings. The Morgan fingerprint density at radius 1 is 1.30 bits per heavy atom. The van der Waals surface area contributed by atoms with Crippen LogP contribution in [-0.4, -0.2) is 49.4 Å². The molecule has 2 aliphatic rings. The number of hydrogen-bond donors (Lipinski definition) is 1. The number of piperazine rings is 1. The standard InChI is InChI=1S/C17H24N2O4/c1-17(2,3)23-16(20)19-8-7-18-13(11-19)12-5-4-6-14-15(12)22-10-9-21-14/h4-6,13,18H,7-11H2,1-3H3. The summed E-state index contributed by atoms with van der Waals surface area (Å²) in [7, 11) is 0. The zero-order chi connectivity index (χ0) is 16.4. The molecule has 3 rings (SSSR count). The van der Waals surface area contributed by atoms with Crippen molar-refractivity contribution in [2.75, 3.05) is 32.8 Å². The summed E-state index contributed by atoms with van der Waals surface area (Å²) in [6, 6.07) is 5.89. The number of carbonyl (C=O) groups excluding carboxylic acids is 1. The second-order valence-electron chi connectivity index (χ2n) is 6.80. The fraction of sp³-hybridized carbons (Fsp3) is 0.588. The van der Waals surface area contributed by atoms with Crippen LogP contribution >= 0.6 is 0 Å². The van der Waals surface area contributed by atoms with Gasteiger partial charge in [-0.2, -0.15) is 0 Å². The van der Waals surface area contributed by atoms with E-state index in [1.165, 1.54) is 0 Å². The van der Waals surface area contributed by atoms with Gasteiger partial charge in [0.1, 0.15) is 18.8 Å². The van der Waals surface area contributed by atoms with Crippen LogP contribution in [0.5, 0.6) is 11.5 Å². The maximum atomic E-state index is 12.3. The van der Waals surface area contributed by atoms with E-state index in [-0.39, 0.29) is 12.1 Å². The summed E-state index contributed by atoms with van der Waals surface area (Å²) in [5, 5.41) is 3.45. The fourth-order valence-electron chi connectivity index (χ4n) is 2.82. The predicted molar refractivity (Wildman–Crippen MR) is 86.0 cm³/mol. The lowest BCUT2D eigenvalue weighted by Crippen LogP contribution is -2.49. The number of ether oxygens (including phenoxy) is 3. The molecule has 6 nitrogen and oxygen atoms in total. The van der Waals surface area contributed by atoms with Crippen molar-refractivity contribution in [1.82, 2.24) is 10.2 Å². The maximum Gasteiger partial charge on any atom is 0.410 e. The van der Waals surface area contributed by atoms with Crippen LogP contribution in [0.1, 0.15) is 32.4 Å². The van der Waals surface area contributed by atoms with Gasteiger partial charge in [-0.1, -0.05) is 12.1 Å². The number of hydrogen-bond acceptors (Lipinski definition) is 5. The van der Waals surface area contributed by atoms with E-state index in [0.717, 1.165) is 17.1 Å². The number of benzene rings is 1. The lowest BCUT2D eigenvalue weighted by atomic mass is 10.0. The Kier molecular flexibility index (Phi) is 4.35. The highest BCUT2D eigenvalue weighted by Gasteiger charge is 2.30. The zero-order valence-electron chi connectivity index (χ0n) is 13.9. The van der Waals surface area contributed by atoms with E-state index in [9.17, 15) is 4.79 Å². The van der Waals surface area contributed by atoms with Gasteiger partial charge in [-0.25, -0.2) is 4.79 Å². The van der Waals surface area contributed by atoms with Crippen LogP contribution in [0.3, 0.4) is 0 Å². The number of nitrogens with zero attached hydrogens (tertiary/aromatic N) is 1. The third kappa shape index (κ3) is 3.69. The molecule has 0 saturated carbocycles. The minimum atomic E-state index is -0.486. The Balaban J connectivity index is 1.75. The van der Waals surface area contributed by atoms with Crippen LogP contribution in [0.15, 0.2) is 18.2 Å². The third-order valence-electron chi connectivity index (χ3n) is 3.80. The molecule has 2 heterocycles. The first kappa shape index (κ1) is 15.9. The van der Waals surface area contributed by atoms with Crippen LogP contribution in [-0.2, 0) is 4.74 Å². The molecule has 0 radical (unpaired) electrons. The predicted octanol–water partition coefficient (Wildman–Crippen LogP) is 2.34. The van der Waals surface area contributed by atoms with Gasteiger partial charge in [-0.15, -0.1) is 0 Å². The molecular weight excluding hydrogens is 296 g/mol. The molecule has 1 saturated heterocycles. The van der Waals surface area contributed by atoms with Gasteiger partial charge < -0.3 is 24.4 Å². The van der Waals surface area contributed by atoms with Crippen molar-refractivity contribution in [3.8, 4) is 11.5 Å². The molecular formula is C17H24N2O4. The quantitative estimate of drug-likeness (QED) is 0.860. The first-order chi connectivity index (χ1) is 10.9. The number of amides is 1. The molecule has 1 aromatic carbocycles. The molecule has 1 N–H and O–H groups in total. The molecule has 0 spiro atoms. The molecule has 1 atom stereocenters. The Bertz CT molecular complexity index is 582. The lowest BCUT2D eigenvalue weighted by molar-refractivity contribution is 0.0193. The lowest BCUT2D eigenvalue weighted by Gasteiger charge is -2.36. The average molecular weight is 320 g/mol. The van der Waals surface area contributed by atoms with Gasteiger partial charge >= 0.3 is 6.09 Å². The van der Waals surface area contributed by atoms with E-state index in [2.05, 4.69) is 5.32 Å². The first-order valence-corrected chi connectivity index (χ1v) is 8.04.